The van der Waals surface area contributed by atoms with E-state index in [1.165, 1.54) is 36.6 Å². The molecule has 0 unspecified atom stereocenters. The van der Waals surface area contributed by atoms with Crippen molar-refractivity contribution in [1.29, 1.82) is 0 Å². The predicted octanol–water partition coefficient (Wildman–Crippen LogP) is 3.89. The highest BCUT2D eigenvalue weighted by Gasteiger charge is 2.33. The van der Waals surface area contributed by atoms with Gasteiger partial charge in [-0.25, -0.2) is 0 Å². The van der Waals surface area contributed by atoms with Crippen LogP contribution in [-0.4, -0.2) is 37.7 Å². The van der Waals surface area contributed by atoms with Gasteiger partial charge in [-0.15, -0.1) is 0 Å². The molecule has 1 aromatic carbocycles. The normalized spacial score (nSPS) is 16.6. The van der Waals surface area contributed by atoms with Crippen LogP contribution in [0, 0.1) is 5.41 Å². The van der Waals surface area contributed by atoms with Crippen LogP contribution in [0.3, 0.4) is 0 Å². The second-order valence-corrected chi connectivity index (χ2v) is 7.43. The molecule has 0 spiro atoms. The highest BCUT2D eigenvalue weighted by atomic mass is 16.5. The van der Waals surface area contributed by atoms with Gasteiger partial charge in [-0.1, -0.05) is 37.1 Å². The van der Waals surface area contributed by atoms with Gasteiger partial charge in [0.25, 0.3) is 0 Å². The number of rotatable bonds is 8. The fourth-order valence-electron chi connectivity index (χ4n) is 4.05. The third kappa shape index (κ3) is 5.19. The molecule has 5 heteroatoms. The SMILES string of the molecule is CCOCCC1(CNC(=NC)NCc2cccc3cccnc23)CCCC1. The number of hydrogen-bond donors (Lipinski definition) is 2. The van der Waals surface area contributed by atoms with Gasteiger partial charge in [-0.2, -0.15) is 0 Å². The summed E-state index contributed by atoms with van der Waals surface area (Å²) < 4.78 is 5.62. The summed E-state index contributed by atoms with van der Waals surface area (Å²) in [5.74, 6) is 0.852. The molecule has 0 atom stereocenters. The van der Waals surface area contributed by atoms with Crippen LogP contribution in [0.15, 0.2) is 41.5 Å². The van der Waals surface area contributed by atoms with E-state index in [4.69, 9.17) is 4.74 Å². The van der Waals surface area contributed by atoms with Gasteiger partial charge in [-0.05, 0) is 43.2 Å². The Morgan fingerprint density at radius 2 is 2.00 bits per heavy atom. The smallest absolute Gasteiger partial charge is 0.191 e. The van der Waals surface area contributed by atoms with E-state index in [-0.39, 0.29) is 0 Å². The van der Waals surface area contributed by atoms with Gasteiger partial charge in [0.15, 0.2) is 5.96 Å². The van der Waals surface area contributed by atoms with Crippen LogP contribution in [-0.2, 0) is 11.3 Å². The number of hydrogen-bond acceptors (Lipinski definition) is 3. The fourth-order valence-corrected chi connectivity index (χ4v) is 4.05. The van der Waals surface area contributed by atoms with Crippen molar-refractivity contribution < 1.29 is 4.74 Å². The van der Waals surface area contributed by atoms with Crippen LogP contribution < -0.4 is 10.6 Å². The van der Waals surface area contributed by atoms with E-state index in [0.29, 0.717) is 12.0 Å². The summed E-state index contributed by atoms with van der Waals surface area (Å²) in [6, 6.07) is 10.4. The van der Waals surface area contributed by atoms with E-state index in [1.54, 1.807) is 0 Å². The third-order valence-electron chi connectivity index (χ3n) is 5.66. The maximum atomic E-state index is 5.62. The summed E-state index contributed by atoms with van der Waals surface area (Å²) in [4.78, 5) is 8.95. The molecule has 0 amide bonds. The van der Waals surface area contributed by atoms with Gasteiger partial charge in [0.2, 0.25) is 0 Å². The standard InChI is InChI=1S/C22H32N4O/c1-3-27-15-13-22(11-4-5-12-22)17-26-21(23-2)25-16-19-9-6-8-18-10-7-14-24-20(18)19/h6-10,14H,3-5,11-13,15-17H2,1-2H3,(H2,23,25,26). The van der Waals surface area contributed by atoms with Gasteiger partial charge in [0, 0.05) is 44.9 Å². The maximum absolute atomic E-state index is 5.62. The van der Waals surface area contributed by atoms with E-state index >= 15 is 0 Å². The number of aliphatic imine (C=N–C) groups is 1. The van der Waals surface area contributed by atoms with Gasteiger partial charge in [0.05, 0.1) is 5.52 Å². The Labute approximate surface area is 162 Å². The first-order valence-electron chi connectivity index (χ1n) is 10.1. The van der Waals surface area contributed by atoms with Crippen molar-refractivity contribution in [2.24, 2.45) is 10.4 Å². The van der Waals surface area contributed by atoms with Crippen LogP contribution in [0.2, 0.25) is 0 Å². The van der Waals surface area contributed by atoms with E-state index < -0.39 is 0 Å². The fraction of sp³-hybridized carbons (Fsp3) is 0.545. The predicted molar refractivity (Wildman–Crippen MR) is 112 cm³/mol. The molecule has 27 heavy (non-hydrogen) atoms. The number of fused-ring (bicyclic) bond motifs is 1. The Balaban J connectivity index is 1.57. The first-order valence-corrected chi connectivity index (χ1v) is 10.1. The Hall–Kier alpha value is -2.14. The van der Waals surface area contributed by atoms with Crippen molar-refractivity contribution in [2.45, 2.75) is 45.6 Å². The topological polar surface area (TPSA) is 58.5 Å². The number of para-hydroxylation sites is 1. The highest BCUT2D eigenvalue weighted by molar-refractivity contribution is 5.83. The minimum Gasteiger partial charge on any atom is -0.382 e. The van der Waals surface area contributed by atoms with Crippen LogP contribution in [0.1, 0.15) is 44.6 Å². The van der Waals surface area contributed by atoms with Gasteiger partial charge in [-0.3, -0.25) is 9.98 Å². The first kappa shape index (κ1) is 19.6. The molecule has 0 aliphatic heterocycles. The number of guanidine groups is 1. The van der Waals surface area contributed by atoms with Crippen LogP contribution in [0.4, 0.5) is 0 Å². The molecule has 2 N–H and O–H groups in total. The highest BCUT2D eigenvalue weighted by Crippen LogP contribution is 2.40. The molecule has 5 nitrogen and oxygen atoms in total. The second kappa shape index (κ2) is 9.70. The summed E-state index contributed by atoms with van der Waals surface area (Å²) in [6.45, 7) is 5.37. The zero-order chi connectivity index (χ0) is 19.0. The lowest BCUT2D eigenvalue weighted by molar-refractivity contribution is 0.105. The lowest BCUT2D eigenvalue weighted by Crippen LogP contribution is -2.43. The van der Waals surface area contributed by atoms with E-state index in [0.717, 1.165) is 37.7 Å². The Morgan fingerprint density at radius 1 is 1.19 bits per heavy atom. The lowest BCUT2D eigenvalue weighted by atomic mass is 9.83. The second-order valence-electron chi connectivity index (χ2n) is 7.43. The van der Waals surface area contributed by atoms with Gasteiger partial charge in [0.1, 0.15) is 0 Å². The van der Waals surface area contributed by atoms with E-state index in [2.05, 4.69) is 51.8 Å². The van der Waals surface area contributed by atoms with Crippen LogP contribution >= 0.6 is 0 Å². The number of aromatic nitrogens is 1. The van der Waals surface area contributed by atoms with Crippen LogP contribution in [0.5, 0.6) is 0 Å². The summed E-state index contributed by atoms with van der Waals surface area (Å²) in [5.41, 5.74) is 2.57. The van der Waals surface area contributed by atoms with Crippen molar-refractivity contribution in [1.82, 2.24) is 15.6 Å². The summed E-state index contributed by atoms with van der Waals surface area (Å²) in [7, 11) is 1.83. The van der Waals surface area contributed by atoms with E-state index in [1.807, 2.05) is 19.3 Å². The first-order chi connectivity index (χ1) is 13.3. The van der Waals surface area contributed by atoms with Crippen LogP contribution in [0.25, 0.3) is 10.9 Å². The molecular weight excluding hydrogens is 336 g/mol. The minimum absolute atomic E-state index is 0.341. The molecule has 1 aliphatic carbocycles. The molecule has 1 aliphatic rings. The summed E-state index contributed by atoms with van der Waals surface area (Å²) in [5, 5.41) is 8.18. The molecule has 1 fully saturated rings. The maximum Gasteiger partial charge on any atom is 0.191 e. The lowest BCUT2D eigenvalue weighted by Gasteiger charge is -2.30. The van der Waals surface area contributed by atoms with Gasteiger partial charge < -0.3 is 15.4 Å². The number of pyridine rings is 1. The number of nitrogens with zero attached hydrogens (tertiary/aromatic N) is 2. The number of ether oxygens (including phenoxy) is 1. The third-order valence-corrected chi connectivity index (χ3v) is 5.66. The Bertz CT molecular complexity index is 748. The molecule has 3 rings (SSSR count). The van der Waals surface area contributed by atoms with Gasteiger partial charge >= 0.3 is 0 Å². The number of benzene rings is 1. The molecule has 1 saturated carbocycles. The average molecular weight is 369 g/mol. The zero-order valence-electron chi connectivity index (χ0n) is 16.6. The number of nitrogens with one attached hydrogen (secondary N) is 2. The van der Waals surface area contributed by atoms with Crippen molar-refractivity contribution in [2.75, 3.05) is 26.8 Å². The van der Waals surface area contributed by atoms with E-state index in [9.17, 15) is 0 Å². The molecule has 146 valence electrons. The van der Waals surface area contributed by atoms with Crippen molar-refractivity contribution in [3.05, 3.63) is 42.1 Å². The molecule has 0 saturated heterocycles. The van der Waals surface area contributed by atoms with Crippen molar-refractivity contribution in [3.8, 4) is 0 Å². The molecular formula is C22H32N4O. The van der Waals surface area contributed by atoms with Crippen molar-refractivity contribution >= 4 is 16.9 Å². The minimum atomic E-state index is 0.341. The largest absolute Gasteiger partial charge is 0.382 e. The summed E-state index contributed by atoms with van der Waals surface area (Å²) in [6.07, 6.45) is 8.16. The molecule has 2 aromatic rings. The Kier molecular flexibility index (Phi) is 7.04. The summed E-state index contributed by atoms with van der Waals surface area (Å²) >= 11 is 0. The van der Waals surface area contributed by atoms with Crippen molar-refractivity contribution in [3.63, 3.8) is 0 Å². The Morgan fingerprint density at radius 3 is 2.78 bits per heavy atom. The molecule has 1 aromatic heterocycles. The monoisotopic (exact) mass is 368 g/mol. The molecule has 1 heterocycles. The quantitative estimate of drug-likeness (QED) is 0.422. The molecule has 0 bridgehead atoms. The zero-order valence-corrected chi connectivity index (χ0v) is 16.6. The molecule has 0 radical (unpaired) electrons. The average Bonchev–Trinajstić information content (AvgIpc) is 3.17.